The summed E-state index contributed by atoms with van der Waals surface area (Å²) in [5.41, 5.74) is 3.67. The van der Waals surface area contributed by atoms with Crippen LogP contribution >= 0.6 is 27.5 Å². The zero-order valence-electron chi connectivity index (χ0n) is 11.1. The molecule has 100 valence electrons. The Labute approximate surface area is 128 Å². The lowest BCUT2D eigenvalue weighted by atomic mass is 10.1. The SMILES string of the molecule is Cc1ccc(NC(C)Cc2ccc(Cl)cc2)c(Br)c1. The number of anilines is 1. The van der Waals surface area contributed by atoms with Crippen molar-refractivity contribution in [2.75, 3.05) is 5.32 Å². The average Bonchev–Trinajstić information content (AvgIpc) is 2.36. The van der Waals surface area contributed by atoms with E-state index in [4.69, 9.17) is 11.6 Å². The van der Waals surface area contributed by atoms with Gasteiger partial charge in [0.2, 0.25) is 0 Å². The van der Waals surface area contributed by atoms with Crippen LogP contribution in [0, 0.1) is 6.92 Å². The standard InChI is InChI=1S/C16H17BrClN/c1-11-3-8-16(15(17)9-11)19-12(2)10-13-4-6-14(18)7-5-13/h3-9,12,19H,10H2,1-2H3. The van der Waals surface area contributed by atoms with Gasteiger partial charge in [-0.2, -0.15) is 0 Å². The number of aryl methyl sites for hydroxylation is 1. The predicted octanol–water partition coefficient (Wildman–Crippen LogP) is 5.45. The molecule has 0 saturated carbocycles. The van der Waals surface area contributed by atoms with Gasteiger partial charge in [0.05, 0.1) is 0 Å². The van der Waals surface area contributed by atoms with E-state index in [1.807, 2.05) is 12.1 Å². The Morgan fingerprint density at radius 3 is 2.47 bits per heavy atom. The molecule has 0 radical (unpaired) electrons. The molecular formula is C16H17BrClN. The van der Waals surface area contributed by atoms with Crippen molar-refractivity contribution in [3.8, 4) is 0 Å². The summed E-state index contributed by atoms with van der Waals surface area (Å²) < 4.78 is 1.11. The molecule has 0 heterocycles. The third kappa shape index (κ3) is 4.26. The number of hydrogen-bond donors (Lipinski definition) is 1. The highest BCUT2D eigenvalue weighted by molar-refractivity contribution is 9.10. The van der Waals surface area contributed by atoms with E-state index in [-0.39, 0.29) is 0 Å². The van der Waals surface area contributed by atoms with Crippen molar-refractivity contribution in [3.63, 3.8) is 0 Å². The third-order valence-corrected chi connectivity index (χ3v) is 3.89. The summed E-state index contributed by atoms with van der Waals surface area (Å²) >= 11 is 9.48. The van der Waals surface area contributed by atoms with Gasteiger partial charge in [-0.15, -0.1) is 0 Å². The molecule has 1 N–H and O–H groups in total. The van der Waals surface area contributed by atoms with Crippen molar-refractivity contribution in [2.24, 2.45) is 0 Å². The van der Waals surface area contributed by atoms with E-state index >= 15 is 0 Å². The average molecular weight is 339 g/mol. The first kappa shape index (κ1) is 14.4. The van der Waals surface area contributed by atoms with Gasteiger partial charge in [0, 0.05) is 21.2 Å². The van der Waals surface area contributed by atoms with Gasteiger partial charge in [0.25, 0.3) is 0 Å². The van der Waals surface area contributed by atoms with E-state index in [0.29, 0.717) is 6.04 Å². The zero-order valence-corrected chi connectivity index (χ0v) is 13.4. The van der Waals surface area contributed by atoms with Crippen molar-refractivity contribution in [1.82, 2.24) is 0 Å². The number of hydrogen-bond acceptors (Lipinski definition) is 1. The first-order valence-electron chi connectivity index (χ1n) is 6.32. The molecule has 2 rings (SSSR count). The molecule has 0 aliphatic rings. The minimum Gasteiger partial charge on any atom is -0.381 e. The Balaban J connectivity index is 2.01. The molecule has 0 bridgehead atoms. The van der Waals surface area contributed by atoms with Crippen LogP contribution in [0.15, 0.2) is 46.9 Å². The fourth-order valence-corrected chi connectivity index (χ4v) is 2.76. The molecule has 0 aliphatic heterocycles. The van der Waals surface area contributed by atoms with E-state index < -0.39 is 0 Å². The van der Waals surface area contributed by atoms with Crippen LogP contribution in [0.2, 0.25) is 5.02 Å². The molecule has 0 saturated heterocycles. The Morgan fingerprint density at radius 2 is 1.84 bits per heavy atom. The summed E-state index contributed by atoms with van der Waals surface area (Å²) in [6.07, 6.45) is 0.970. The topological polar surface area (TPSA) is 12.0 Å². The van der Waals surface area contributed by atoms with Crippen molar-refractivity contribution >= 4 is 33.2 Å². The first-order valence-corrected chi connectivity index (χ1v) is 7.49. The van der Waals surface area contributed by atoms with Crippen LogP contribution in [0.1, 0.15) is 18.1 Å². The number of benzene rings is 2. The molecule has 0 fully saturated rings. The second-order valence-corrected chi connectivity index (χ2v) is 6.15. The highest BCUT2D eigenvalue weighted by Crippen LogP contribution is 2.24. The fourth-order valence-electron chi connectivity index (χ4n) is 2.03. The summed E-state index contributed by atoms with van der Waals surface area (Å²) in [4.78, 5) is 0. The van der Waals surface area contributed by atoms with Gasteiger partial charge in [-0.05, 0) is 71.6 Å². The summed E-state index contributed by atoms with van der Waals surface area (Å²) in [5, 5.41) is 4.30. The molecule has 0 aromatic heterocycles. The maximum Gasteiger partial charge on any atom is 0.0486 e. The maximum atomic E-state index is 5.89. The van der Waals surface area contributed by atoms with E-state index in [9.17, 15) is 0 Å². The van der Waals surface area contributed by atoms with Crippen LogP contribution in [-0.2, 0) is 6.42 Å². The Bertz CT molecular complexity index is 551. The van der Waals surface area contributed by atoms with Crippen molar-refractivity contribution in [1.29, 1.82) is 0 Å². The first-order chi connectivity index (χ1) is 9.04. The Kier molecular flexibility index (Phi) is 4.89. The highest BCUT2D eigenvalue weighted by atomic mass is 79.9. The summed E-state index contributed by atoms with van der Waals surface area (Å²) in [6, 6.07) is 14.7. The second-order valence-electron chi connectivity index (χ2n) is 4.86. The van der Waals surface area contributed by atoms with Crippen molar-refractivity contribution < 1.29 is 0 Å². The van der Waals surface area contributed by atoms with Crippen LogP contribution in [0.4, 0.5) is 5.69 Å². The molecular weight excluding hydrogens is 322 g/mol. The Hall–Kier alpha value is -0.990. The number of halogens is 2. The predicted molar refractivity (Wildman–Crippen MR) is 87.1 cm³/mol. The van der Waals surface area contributed by atoms with Crippen molar-refractivity contribution in [3.05, 3.63) is 63.1 Å². The smallest absolute Gasteiger partial charge is 0.0486 e. The van der Waals surface area contributed by atoms with Crippen LogP contribution in [0.3, 0.4) is 0 Å². The molecule has 1 atom stereocenters. The lowest BCUT2D eigenvalue weighted by molar-refractivity contribution is 0.789. The van der Waals surface area contributed by atoms with E-state index in [0.717, 1.165) is 21.6 Å². The largest absolute Gasteiger partial charge is 0.381 e. The van der Waals surface area contributed by atoms with Gasteiger partial charge >= 0.3 is 0 Å². The lowest BCUT2D eigenvalue weighted by Crippen LogP contribution is -2.18. The molecule has 1 unspecified atom stereocenters. The van der Waals surface area contributed by atoms with E-state index in [1.165, 1.54) is 11.1 Å². The van der Waals surface area contributed by atoms with Gasteiger partial charge in [-0.3, -0.25) is 0 Å². The molecule has 3 heteroatoms. The number of nitrogens with one attached hydrogen (secondary N) is 1. The van der Waals surface area contributed by atoms with Crippen LogP contribution in [0.5, 0.6) is 0 Å². The summed E-state index contributed by atoms with van der Waals surface area (Å²) in [5.74, 6) is 0. The van der Waals surface area contributed by atoms with Crippen molar-refractivity contribution in [2.45, 2.75) is 26.3 Å². The van der Waals surface area contributed by atoms with Gasteiger partial charge < -0.3 is 5.32 Å². The minimum atomic E-state index is 0.361. The van der Waals surface area contributed by atoms with Gasteiger partial charge in [0.15, 0.2) is 0 Å². The number of rotatable bonds is 4. The van der Waals surface area contributed by atoms with Gasteiger partial charge in [-0.1, -0.05) is 29.8 Å². The third-order valence-electron chi connectivity index (χ3n) is 2.98. The normalized spacial score (nSPS) is 12.2. The van der Waals surface area contributed by atoms with Crippen LogP contribution < -0.4 is 5.32 Å². The van der Waals surface area contributed by atoms with Crippen LogP contribution in [-0.4, -0.2) is 6.04 Å². The summed E-state index contributed by atoms with van der Waals surface area (Å²) in [6.45, 7) is 4.27. The monoisotopic (exact) mass is 337 g/mol. The highest BCUT2D eigenvalue weighted by Gasteiger charge is 2.06. The second kappa shape index (κ2) is 6.44. The van der Waals surface area contributed by atoms with E-state index in [1.54, 1.807) is 0 Å². The molecule has 19 heavy (non-hydrogen) atoms. The van der Waals surface area contributed by atoms with Gasteiger partial charge in [-0.25, -0.2) is 0 Å². The Morgan fingerprint density at radius 1 is 1.16 bits per heavy atom. The van der Waals surface area contributed by atoms with Crippen LogP contribution in [0.25, 0.3) is 0 Å². The quantitative estimate of drug-likeness (QED) is 0.781. The molecule has 0 amide bonds. The zero-order chi connectivity index (χ0) is 13.8. The van der Waals surface area contributed by atoms with Gasteiger partial charge in [0.1, 0.15) is 0 Å². The maximum absolute atomic E-state index is 5.89. The molecule has 1 nitrogen and oxygen atoms in total. The minimum absolute atomic E-state index is 0.361. The molecule has 2 aromatic carbocycles. The fraction of sp³-hybridized carbons (Fsp3) is 0.250. The molecule has 0 aliphatic carbocycles. The summed E-state index contributed by atoms with van der Waals surface area (Å²) in [7, 11) is 0. The van der Waals surface area contributed by atoms with E-state index in [2.05, 4.69) is 65.4 Å². The molecule has 2 aromatic rings. The lowest BCUT2D eigenvalue weighted by Gasteiger charge is -2.17. The molecule has 0 spiro atoms.